The second kappa shape index (κ2) is 9.92. The van der Waals surface area contributed by atoms with Gasteiger partial charge in [-0.05, 0) is 48.0 Å². The van der Waals surface area contributed by atoms with Crippen molar-refractivity contribution in [2.45, 2.75) is 6.92 Å². The summed E-state index contributed by atoms with van der Waals surface area (Å²) in [5, 5.41) is 5.65. The number of benzene rings is 4. The number of rotatable bonds is 5. The molecule has 0 bridgehead atoms. The monoisotopic (exact) mass is 526 g/mol. The van der Waals surface area contributed by atoms with Gasteiger partial charge in [0.2, 0.25) is 5.91 Å². The zero-order chi connectivity index (χ0) is 27.8. The third-order valence-electron chi connectivity index (χ3n) is 6.62. The standard InChI is InChI=1S/C32H22N4O4/c1-18(37)33-21-13-11-19(12-14-21)17-26(35-32(40)20-7-3-2-4-8-20)31-34-25-16-15-24-27(28(25)36-31)30(39)23-10-6-5-9-22(23)29(24)38/h2-17H,1H3,(H,33,37)(H,34,36)(H,35,40). The minimum Gasteiger partial charge on any atom is -0.337 e. The molecule has 8 nitrogen and oxygen atoms in total. The zero-order valence-electron chi connectivity index (χ0n) is 21.3. The van der Waals surface area contributed by atoms with Crippen molar-refractivity contribution in [1.82, 2.24) is 15.3 Å². The minimum absolute atomic E-state index is 0.180. The fourth-order valence-corrected chi connectivity index (χ4v) is 4.76. The summed E-state index contributed by atoms with van der Waals surface area (Å²) >= 11 is 0. The molecule has 0 radical (unpaired) electrons. The highest BCUT2D eigenvalue weighted by Crippen LogP contribution is 2.32. The number of aromatic amines is 1. The number of imidazole rings is 1. The molecule has 8 heteroatoms. The Bertz CT molecular complexity index is 1870. The molecule has 0 fully saturated rings. The molecule has 2 amide bonds. The average Bonchev–Trinajstić information content (AvgIpc) is 3.41. The van der Waals surface area contributed by atoms with Crippen molar-refractivity contribution in [1.29, 1.82) is 0 Å². The van der Waals surface area contributed by atoms with Gasteiger partial charge in [0.05, 0.1) is 16.8 Å². The van der Waals surface area contributed by atoms with Crippen LogP contribution < -0.4 is 10.6 Å². The van der Waals surface area contributed by atoms with Crippen LogP contribution in [0.15, 0.2) is 91.0 Å². The van der Waals surface area contributed by atoms with Gasteiger partial charge in [-0.2, -0.15) is 0 Å². The minimum atomic E-state index is -0.343. The molecule has 0 saturated heterocycles. The first-order valence-corrected chi connectivity index (χ1v) is 12.6. The number of amides is 2. The van der Waals surface area contributed by atoms with E-state index in [9.17, 15) is 19.2 Å². The SMILES string of the molecule is CC(=O)Nc1ccc(C=C(NC(=O)c2ccccc2)c2nc3c4c(ccc3[nH]2)C(=O)c2ccccc2C4=O)cc1. The maximum absolute atomic E-state index is 13.5. The van der Waals surface area contributed by atoms with E-state index in [-0.39, 0.29) is 28.9 Å². The number of H-pyrrole nitrogens is 1. The number of carbonyl (C=O) groups excluding carboxylic acids is 4. The third-order valence-corrected chi connectivity index (χ3v) is 6.62. The lowest BCUT2D eigenvalue weighted by Gasteiger charge is -2.17. The summed E-state index contributed by atoms with van der Waals surface area (Å²) in [5.41, 5.74) is 4.33. The van der Waals surface area contributed by atoms with Gasteiger partial charge in [-0.1, -0.05) is 54.6 Å². The Morgan fingerprint density at radius 2 is 1.45 bits per heavy atom. The first kappa shape index (κ1) is 24.7. The Kier molecular flexibility index (Phi) is 6.12. The summed E-state index contributed by atoms with van der Waals surface area (Å²) in [6.07, 6.45) is 1.74. The van der Waals surface area contributed by atoms with Crippen molar-refractivity contribution in [2.24, 2.45) is 0 Å². The van der Waals surface area contributed by atoms with Gasteiger partial charge in [0.25, 0.3) is 5.91 Å². The van der Waals surface area contributed by atoms with Crippen molar-refractivity contribution in [2.75, 3.05) is 5.32 Å². The molecule has 4 aromatic carbocycles. The predicted molar refractivity (Wildman–Crippen MR) is 152 cm³/mol. The first-order valence-electron chi connectivity index (χ1n) is 12.6. The Hall–Kier alpha value is -5.63. The zero-order valence-corrected chi connectivity index (χ0v) is 21.3. The summed E-state index contributed by atoms with van der Waals surface area (Å²) in [7, 11) is 0. The smallest absolute Gasteiger partial charge is 0.255 e. The fraction of sp³-hybridized carbons (Fsp3) is 0.0312. The van der Waals surface area contributed by atoms with Gasteiger partial charge in [0, 0.05) is 34.9 Å². The van der Waals surface area contributed by atoms with Crippen molar-refractivity contribution in [3.8, 4) is 0 Å². The van der Waals surface area contributed by atoms with Crippen molar-refractivity contribution in [3.63, 3.8) is 0 Å². The Morgan fingerprint density at radius 3 is 2.15 bits per heavy atom. The van der Waals surface area contributed by atoms with Crippen molar-refractivity contribution in [3.05, 3.63) is 130 Å². The number of hydrogen-bond donors (Lipinski definition) is 3. The first-order chi connectivity index (χ1) is 19.4. The van der Waals surface area contributed by atoms with Crippen LogP contribution in [0.1, 0.15) is 60.5 Å². The number of nitrogens with zero attached hydrogens (tertiary/aromatic N) is 1. The lowest BCUT2D eigenvalue weighted by atomic mass is 9.83. The summed E-state index contributed by atoms with van der Waals surface area (Å²) < 4.78 is 0. The Balaban J connectivity index is 1.45. The molecule has 0 unspecified atom stereocenters. The van der Waals surface area contributed by atoms with Gasteiger partial charge in [-0.25, -0.2) is 4.98 Å². The Labute approximate surface area is 228 Å². The molecule has 1 aliphatic rings. The van der Waals surface area contributed by atoms with E-state index in [2.05, 4.69) is 15.6 Å². The van der Waals surface area contributed by atoms with E-state index >= 15 is 0 Å². The molecule has 6 rings (SSSR count). The number of fused-ring (bicyclic) bond motifs is 4. The van der Waals surface area contributed by atoms with Gasteiger partial charge in [0.15, 0.2) is 17.4 Å². The van der Waals surface area contributed by atoms with Crippen molar-refractivity contribution >= 4 is 51.9 Å². The summed E-state index contributed by atoms with van der Waals surface area (Å²) in [5.74, 6) is -0.715. The van der Waals surface area contributed by atoms with E-state index in [1.165, 1.54) is 6.92 Å². The quantitative estimate of drug-likeness (QED) is 0.284. The van der Waals surface area contributed by atoms with Crippen molar-refractivity contribution < 1.29 is 19.2 Å². The van der Waals surface area contributed by atoms with E-state index in [4.69, 9.17) is 4.98 Å². The maximum Gasteiger partial charge on any atom is 0.255 e. The van der Waals surface area contributed by atoms with E-state index < -0.39 is 0 Å². The second-order valence-corrected chi connectivity index (χ2v) is 9.35. The molecule has 40 heavy (non-hydrogen) atoms. The van der Waals surface area contributed by atoms with Crippen LogP contribution in [-0.4, -0.2) is 33.3 Å². The number of ketones is 2. The topological polar surface area (TPSA) is 121 Å². The molecular formula is C32H22N4O4. The molecule has 1 heterocycles. The van der Waals surface area contributed by atoms with Crippen LogP contribution in [0.5, 0.6) is 0 Å². The van der Waals surface area contributed by atoms with Gasteiger partial charge in [0.1, 0.15) is 5.52 Å². The number of nitrogens with one attached hydrogen (secondary N) is 3. The predicted octanol–water partition coefficient (Wildman–Crippen LogP) is 5.22. The van der Waals surface area contributed by atoms with Gasteiger partial charge >= 0.3 is 0 Å². The molecule has 194 valence electrons. The van der Waals surface area contributed by atoms with E-state index in [0.29, 0.717) is 50.5 Å². The normalized spacial score (nSPS) is 12.6. The molecule has 0 saturated carbocycles. The molecule has 0 atom stereocenters. The highest BCUT2D eigenvalue weighted by Gasteiger charge is 2.32. The molecule has 3 N–H and O–H groups in total. The van der Waals surface area contributed by atoms with Crippen LogP contribution >= 0.6 is 0 Å². The number of anilines is 1. The fourth-order valence-electron chi connectivity index (χ4n) is 4.76. The van der Waals surface area contributed by atoms with Crippen LogP contribution in [0.4, 0.5) is 5.69 Å². The molecule has 1 aliphatic carbocycles. The largest absolute Gasteiger partial charge is 0.337 e. The molecular weight excluding hydrogens is 504 g/mol. The summed E-state index contributed by atoms with van der Waals surface area (Å²) in [4.78, 5) is 59.1. The maximum atomic E-state index is 13.5. The number of carbonyl (C=O) groups is 4. The molecule has 5 aromatic rings. The van der Waals surface area contributed by atoms with Crippen LogP contribution in [0.2, 0.25) is 0 Å². The van der Waals surface area contributed by atoms with Gasteiger partial charge in [-0.15, -0.1) is 0 Å². The second-order valence-electron chi connectivity index (χ2n) is 9.35. The Morgan fingerprint density at radius 1 is 0.775 bits per heavy atom. The molecule has 0 spiro atoms. The molecule has 0 aliphatic heterocycles. The van der Waals surface area contributed by atoms with E-state index in [1.807, 2.05) is 6.07 Å². The van der Waals surface area contributed by atoms with Crippen LogP contribution in [0.25, 0.3) is 22.8 Å². The van der Waals surface area contributed by atoms with E-state index in [1.54, 1.807) is 91.0 Å². The van der Waals surface area contributed by atoms with Crippen LogP contribution in [-0.2, 0) is 4.79 Å². The number of aromatic nitrogens is 2. The highest BCUT2D eigenvalue weighted by molar-refractivity contribution is 6.31. The van der Waals surface area contributed by atoms with Crippen LogP contribution in [0, 0.1) is 0 Å². The van der Waals surface area contributed by atoms with E-state index in [0.717, 1.165) is 5.56 Å². The van der Waals surface area contributed by atoms with Crippen LogP contribution in [0.3, 0.4) is 0 Å². The third kappa shape index (κ3) is 4.48. The molecule has 1 aromatic heterocycles. The summed E-state index contributed by atoms with van der Waals surface area (Å²) in [6, 6.07) is 25.9. The average molecular weight is 527 g/mol. The summed E-state index contributed by atoms with van der Waals surface area (Å²) in [6.45, 7) is 1.43. The number of hydrogen-bond acceptors (Lipinski definition) is 5. The highest BCUT2D eigenvalue weighted by atomic mass is 16.2. The van der Waals surface area contributed by atoms with Gasteiger partial charge < -0.3 is 15.6 Å². The van der Waals surface area contributed by atoms with Gasteiger partial charge in [-0.3, -0.25) is 19.2 Å². The lowest BCUT2D eigenvalue weighted by Crippen LogP contribution is -2.22. The lowest BCUT2D eigenvalue weighted by molar-refractivity contribution is -0.114.